The zero-order valence-corrected chi connectivity index (χ0v) is 14.9. The maximum atomic E-state index is 5.66. The van der Waals surface area contributed by atoms with Crippen LogP contribution in [0.15, 0.2) is 24.3 Å². The molecule has 1 nitrogen and oxygen atoms in total. The molecule has 0 N–H and O–H groups in total. The Morgan fingerprint density at radius 3 is 2.10 bits per heavy atom. The molecule has 2 rings (SSSR count). The molecule has 1 aromatic carbocycles. The van der Waals surface area contributed by atoms with Crippen molar-refractivity contribution in [1.29, 1.82) is 0 Å². The van der Waals surface area contributed by atoms with E-state index < -0.39 is 0 Å². The van der Waals surface area contributed by atoms with Crippen molar-refractivity contribution in [3.63, 3.8) is 0 Å². The van der Waals surface area contributed by atoms with Gasteiger partial charge in [0.1, 0.15) is 5.75 Å². The van der Waals surface area contributed by atoms with Crippen LogP contribution in [0.5, 0.6) is 5.75 Å². The minimum Gasteiger partial charge on any atom is -0.494 e. The number of hydrogen-bond acceptors (Lipinski definition) is 1. The van der Waals surface area contributed by atoms with Crippen LogP contribution >= 0.6 is 0 Å². The van der Waals surface area contributed by atoms with Gasteiger partial charge in [-0.05, 0) is 47.8 Å². The van der Waals surface area contributed by atoms with Gasteiger partial charge in [-0.1, -0.05) is 66.5 Å². The van der Waals surface area contributed by atoms with Gasteiger partial charge in [-0.3, -0.25) is 0 Å². The van der Waals surface area contributed by atoms with Crippen LogP contribution in [0.4, 0.5) is 0 Å². The van der Waals surface area contributed by atoms with Crippen molar-refractivity contribution in [3.8, 4) is 5.75 Å². The Morgan fingerprint density at radius 1 is 1.19 bits per heavy atom. The second-order valence-corrected chi connectivity index (χ2v) is 7.05. The van der Waals surface area contributed by atoms with Crippen molar-refractivity contribution < 1.29 is 4.74 Å². The summed E-state index contributed by atoms with van der Waals surface area (Å²) in [7, 11) is 0. The zero-order chi connectivity index (χ0) is 15.9. The first-order chi connectivity index (χ1) is 9.93. The lowest BCUT2D eigenvalue weighted by Crippen LogP contribution is -2.03. The summed E-state index contributed by atoms with van der Waals surface area (Å²) in [6, 6.07) is 8.68. The van der Waals surface area contributed by atoms with Crippen molar-refractivity contribution in [1.82, 2.24) is 0 Å². The van der Waals surface area contributed by atoms with E-state index in [1.165, 1.54) is 24.8 Å². The Hall–Kier alpha value is -0.980. The highest BCUT2D eigenvalue weighted by Gasteiger charge is 2.47. The van der Waals surface area contributed by atoms with Crippen molar-refractivity contribution in [2.45, 2.75) is 72.6 Å². The molecular weight excluding hydrogens is 256 g/mol. The molecule has 2 atom stereocenters. The predicted octanol–water partition coefficient (Wildman–Crippen LogP) is 6.22. The molecule has 1 heteroatoms. The van der Waals surface area contributed by atoms with Crippen LogP contribution in [0.3, 0.4) is 0 Å². The van der Waals surface area contributed by atoms with Crippen LogP contribution in [0.1, 0.15) is 72.8 Å². The molecule has 1 aromatic rings. The van der Waals surface area contributed by atoms with Crippen LogP contribution in [-0.4, -0.2) is 6.61 Å². The number of hydrogen-bond donors (Lipinski definition) is 0. The van der Waals surface area contributed by atoms with E-state index >= 15 is 0 Å². The largest absolute Gasteiger partial charge is 0.494 e. The van der Waals surface area contributed by atoms with E-state index in [4.69, 9.17) is 4.74 Å². The molecule has 120 valence electrons. The Labute approximate surface area is 132 Å². The SMILES string of the molecule is CCC(C)C.CCCCOc1ccc(C2(C)CC2C)cc1. The summed E-state index contributed by atoms with van der Waals surface area (Å²) < 4.78 is 5.66. The molecule has 1 fully saturated rings. The highest BCUT2D eigenvalue weighted by molar-refractivity contribution is 5.36. The molecule has 0 aliphatic heterocycles. The van der Waals surface area contributed by atoms with Crippen LogP contribution in [-0.2, 0) is 5.41 Å². The van der Waals surface area contributed by atoms with Crippen LogP contribution in [0.2, 0.25) is 0 Å². The number of benzene rings is 1. The highest BCUT2D eigenvalue weighted by Crippen LogP contribution is 2.53. The molecule has 0 spiro atoms. The van der Waals surface area contributed by atoms with Crippen molar-refractivity contribution in [2.75, 3.05) is 6.61 Å². The molecule has 1 saturated carbocycles. The Bertz CT molecular complexity index is 393. The summed E-state index contributed by atoms with van der Waals surface area (Å²) in [5, 5.41) is 0. The monoisotopic (exact) mass is 290 g/mol. The minimum atomic E-state index is 0.432. The van der Waals surface area contributed by atoms with Crippen LogP contribution in [0.25, 0.3) is 0 Å². The fourth-order valence-electron chi connectivity index (χ4n) is 2.25. The van der Waals surface area contributed by atoms with Gasteiger partial charge in [0.15, 0.2) is 0 Å². The van der Waals surface area contributed by atoms with E-state index in [-0.39, 0.29) is 0 Å². The fraction of sp³-hybridized carbons (Fsp3) is 0.700. The third-order valence-electron chi connectivity index (χ3n) is 4.75. The number of rotatable bonds is 6. The van der Waals surface area contributed by atoms with Gasteiger partial charge in [0.2, 0.25) is 0 Å². The molecule has 21 heavy (non-hydrogen) atoms. The maximum Gasteiger partial charge on any atom is 0.119 e. The van der Waals surface area contributed by atoms with E-state index in [1.807, 2.05) is 0 Å². The summed E-state index contributed by atoms with van der Waals surface area (Å²) in [4.78, 5) is 0. The van der Waals surface area contributed by atoms with Crippen LogP contribution in [0, 0.1) is 11.8 Å². The third kappa shape index (κ3) is 5.73. The van der Waals surface area contributed by atoms with Gasteiger partial charge in [0, 0.05) is 0 Å². The van der Waals surface area contributed by atoms with Gasteiger partial charge in [0.25, 0.3) is 0 Å². The maximum absolute atomic E-state index is 5.66. The van der Waals surface area contributed by atoms with Crippen molar-refractivity contribution in [2.24, 2.45) is 11.8 Å². The van der Waals surface area contributed by atoms with Gasteiger partial charge >= 0.3 is 0 Å². The quantitative estimate of drug-likeness (QED) is 0.565. The fourth-order valence-corrected chi connectivity index (χ4v) is 2.25. The zero-order valence-electron chi connectivity index (χ0n) is 14.9. The van der Waals surface area contributed by atoms with E-state index in [9.17, 15) is 0 Å². The molecular formula is C20H34O. The third-order valence-corrected chi connectivity index (χ3v) is 4.75. The lowest BCUT2D eigenvalue weighted by molar-refractivity contribution is 0.309. The average molecular weight is 290 g/mol. The molecule has 0 radical (unpaired) electrons. The summed E-state index contributed by atoms with van der Waals surface area (Å²) in [6.45, 7) is 14.3. The van der Waals surface area contributed by atoms with E-state index in [0.717, 1.165) is 30.6 Å². The molecule has 1 aliphatic rings. The smallest absolute Gasteiger partial charge is 0.119 e. The van der Waals surface area contributed by atoms with E-state index in [2.05, 4.69) is 65.8 Å². The molecule has 0 amide bonds. The molecule has 0 saturated heterocycles. The van der Waals surface area contributed by atoms with E-state index in [1.54, 1.807) is 0 Å². The highest BCUT2D eigenvalue weighted by atomic mass is 16.5. The molecule has 1 aliphatic carbocycles. The standard InChI is InChI=1S/C15H22O.C5H12/c1-4-5-10-16-14-8-6-13(7-9-14)15(3)11-12(15)2;1-4-5(2)3/h6-9,12H,4-5,10-11H2,1-3H3;5H,4H2,1-3H3. The lowest BCUT2D eigenvalue weighted by atomic mass is 9.96. The normalized spacial score (nSPS) is 23.5. The Kier molecular flexibility index (Phi) is 7.28. The summed E-state index contributed by atoms with van der Waals surface area (Å²) in [6.07, 6.45) is 4.95. The Morgan fingerprint density at radius 2 is 1.71 bits per heavy atom. The second-order valence-electron chi connectivity index (χ2n) is 7.05. The molecule has 2 unspecified atom stereocenters. The number of unbranched alkanes of at least 4 members (excludes halogenated alkanes) is 1. The predicted molar refractivity (Wildman–Crippen MR) is 93.1 cm³/mol. The second kappa shape index (κ2) is 8.46. The molecule has 0 bridgehead atoms. The first-order valence-corrected chi connectivity index (χ1v) is 8.67. The van der Waals surface area contributed by atoms with Gasteiger partial charge < -0.3 is 4.74 Å². The summed E-state index contributed by atoms with van der Waals surface area (Å²) in [5.41, 5.74) is 1.89. The average Bonchev–Trinajstić information content (AvgIpc) is 3.09. The molecule has 0 aromatic heterocycles. The summed E-state index contributed by atoms with van der Waals surface area (Å²) >= 11 is 0. The Balaban J connectivity index is 0.000000383. The lowest BCUT2D eigenvalue weighted by Gasteiger charge is -2.11. The first kappa shape index (κ1) is 18.1. The van der Waals surface area contributed by atoms with Gasteiger partial charge in [-0.15, -0.1) is 0 Å². The first-order valence-electron chi connectivity index (χ1n) is 8.67. The van der Waals surface area contributed by atoms with Gasteiger partial charge in [-0.25, -0.2) is 0 Å². The number of ether oxygens (including phenoxy) is 1. The van der Waals surface area contributed by atoms with E-state index in [0.29, 0.717) is 5.41 Å². The van der Waals surface area contributed by atoms with Gasteiger partial charge in [0.05, 0.1) is 6.61 Å². The van der Waals surface area contributed by atoms with Gasteiger partial charge in [-0.2, -0.15) is 0 Å². The van der Waals surface area contributed by atoms with Crippen LogP contribution < -0.4 is 4.74 Å². The minimum absolute atomic E-state index is 0.432. The summed E-state index contributed by atoms with van der Waals surface area (Å²) in [5.74, 6) is 2.73. The topological polar surface area (TPSA) is 9.23 Å². The van der Waals surface area contributed by atoms with Crippen molar-refractivity contribution >= 4 is 0 Å². The van der Waals surface area contributed by atoms with Crippen molar-refractivity contribution in [3.05, 3.63) is 29.8 Å². The molecule has 0 heterocycles.